The molecule has 3 aromatic carbocycles. The highest BCUT2D eigenvalue weighted by atomic mass is 35.5. The number of carbonyl (C=O) groups is 2. The number of carbonyl (C=O) groups excluding carboxylic acids is 2. The predicted molar refractivity (Wildman–Crippen MR) is 130 cm³/mol. The van der Waals surface area contributed by atoms with Crippen LogP contribution in [0.3, 0.4) is 0 Å². The molecule has 0 aromatic heterocycles. The maximum Gasteiger partial charge on any atom is 0.316 e. The predicted octanol–water partition coefficient (Wildman–Crippen LogP) is 4.14. The Morgan fingerprint density at radius 2 is 1.68 bits per heavy atom. The molecule has 0 aliphatic carbocycles. The van der Waals surface area contributed by atoms with Crippen molar-refractivity contribution >= 4 is 50.7 Å². The molecule has 0 bridgehead atoms. The van der Waals surface area contributed by atoms with Crippen molar-refractivity contribution in [1.29, 1.82) is 0 Å². The van der Waals surface area contributed by atoms with Crippen molar-refractivity contribution in [1.82, 2.24) is 10.6 Å². The minimum absolute atomic E-state index is 0.0687. The van der Waals surface area contributed by atoms with Gasteiger partial charge < -0.3 is 15.5 Å². The lowest BCUT2D eigenvalue weighted by molar-refractivity contribution is 0.0989. The molecule has 2 N–H and O–H groups in total. The molecule has 0 saturated carbocycles. The van der Waals surface area contributed by atoms with Crippen LogP contribution in [0.25, 0.3) is 0 Å². The first-order valence-electron chi connectivity index (χ1n) is 10.5. The van der Waals surface area contributed by atoms with Gasteiger partial charge in [0.15, 0.2) is 4.87 Å². The van der Waals surface area contributed by atoms with E-state index in [0.717, 1.165) is 5.56 Å². The number of nitrogens with zero attached hydrogens (tertiary/aromatic N) is 1. The third-order valence-corrected chi connectivity index (χ3v) is 8.83. The van der Waals surface area contributed by atoms with Crippen LogP contribution < -0.4 is 15.5 Å². The van der Waals surface area contributed by atoms with Gasteiger partial charge in [0.25, 0.3) is 5.91 Å². The van der Waals surface area contributed by atoms with E-state index in [4.69, 9.17) is 23.2 Å². The molecule has 5 rings (SSSR count). The maximum atomic E-state index is 13.8. The van der Waals surface area contributed by atoms with Gasteiger partial charge in [0.1, 0.15) is 0 Å². The number of sulfone groups is 1. The summed E-state index contributed by atoms with van der Waals surface area (Å²) in [6.45, 7) is 0.291. The lowest BCUT2D eigenvalue weighted by Crippen LogP contribution is -2.47. The average molecular weight is 516 g/mol. The highest BCUT2D eigenvalue weighted by Gasteiger charge is 2.51. The molecular formula is C24H19Cl2N3O4S. The normalized spacial score (nSPS) is 19.5. The van der Waals surface area contributed by atoms with Crippen LogP contribution in [0, 0.1) is 0 Å². The van der Waals surface area contributed by atoms with Crippen LogP contribution in [0.5, 0.6) is 0 Å². The van der Waals surface area contributed by atoms with Crippen LogP contribution in [0.4, 0.5) is 10.5 Å². The number of rotatable bonds is 4. The summed E-state index contributed by atoms with van der Waals surface area (Å²) in [4.78, 5) is 25.2. The number of fused-ring (bicyclic) bond motifs is 1. The fraction of sp³-hybridized carbons (Fsp3) is 0.167. The Kier molecular flexibility index (Phi) is 5.55. The molecule has 0 spiro atoms. The molecule has 10 heteroatoms. The molecule has 1 unspecified atom stereocenters. The quantitative estimate of drug-likeness (QED) is 0.545. The Morgan fingerprint density at radius 1 is 0.971 bits per heavy atom. The topological polar surface area (TPSA) is 95.6 Å². The van der Waals surface area contributed by atoms with Crippen LogP contribution in [0.1, 0.15) is 21.5 Å². The van der Waals surface area contributed by atoms with E-state index in [1.54, 1.807) is 65.6 Å². The van der Waals surface area contributed by atoms with E-state index in [9.17, 15) is 18.0 Å². The summed E-state index contributed by atoms with van der Waals surface area (Å²) in [6.07, 6.45) is 0.488. The Bertz CT molecular complexity index is 1410. The fourth-order valence-electron chi connectivity index (χ4n) is 4.47. The van der Waals surface area contributed by atoms with Crippen LogP contribution in [-0.2, 0) is 21.1 Å². The van der Waals surface area contributed by atoms with Crippen molar-refractivity contribution in [3.8, 4) is 0 Å². The van der Waals surface area contributed by atoms with Gasteiger partial charge in [0.2, 0.25) is 9.84 Å². The number of benzene rings is 3. The third kappa shape index (κ3) is 3.62. The zero-order valence-corrected chi connectivity index (χ0v) is 20.0. The first-order chi connectivity index (χ1) is 16.2. The second-order valence-corrected chi connectivity index (χ2v) is 11.2. The van der Waals surface area contributed by atoms with Gasteiger partial charge in [-0.25, -0.2) is 13.2 Å². The molecule has 1 fully saturated rings. The van der Waals surface area contributed by atoms with Crippen molar-refractivity contribution < 1.29 is 18.0 Å². The smallest absolute Gasteiger partial charge is 0.316 e. The van der Waals surface area contributed by atoms with Gasteiger partial charge in [-0.15, -0.1) is 0 Å². The molecule has 34 heavy (non-hydrogen) atoms. The van der Waals surface area contributed by atoms with Crippen LogP contribution in [0.15, 0.2) is 71.6 Å². The van der Waals surface area contributed by atoms with Gasteiger partial charge in [-0.3, -0.25) is 4.79 Å². The first-order valence-corrected chi connectivity index (χ1v) is 12.7. The number of halogens is 2. The van der Waals surface area contributed by atoms with Crippen molar-refractivity contribution in [3.05, 3.63) is 93.5 Å². The Balaban J connectivity index is 1.52. The van der Waals surface area contributed by atoms with Gasteiger partial charge in [-0.1, -0.05) is 53.5 Å². The molecular weight excluding hydrogens is 497 g/mol. The standard InChI is InChI=1S/C24H19Cl2N3O4S/c25-18-10-16(11-19(26)13-18)22(30)29-9-8-15-12-20(6-7-21(15)29)34(32,33)24(14-27-23(31)28-24)17-4-2-1-3-5-17/h1-7,10-13H,8-9,14H2,(H2,27,28,31). The number of anilines is 1. The molecule has 2 heterocycles. The highest BCUT2D eigenvalue weighted by Crippen LogP contribution is 2.38. The SMILES string of the molecule is O=C1NCC(c2ccccc2)(S(=O)(=O)c2ccc3c(c2)CCN3C(=O)c2cc(Cl)cc(Cl)c2)N1. The molecule has 2 aliphatic rings. The Morgan fingerprint density at radius 3 is 2.32 bits per heavy atom. The van der Waals surface area contributed by atoms with Gasteiger partial charge >= 0.3 is 6.03 Å². The number of amides is 3. The van der Waals surface area contributed by atoms with Gasteiger partial charge in [0, 0.05) is 27.8 Å². The number of urea groups is 1. The van der Waals surface area contributed by atoms with Crippen molar-refractivity contribution in [2.45, 2.75) is 16.2 Å². The summed E-state index contributed by atoms with van der Waals surface area (Å²) >= 11 is 12.1. The van der Waals surface area contributed by atoms with Gasteiger partial charge in [-0.05, 0) is 53.9 Å². The molecule has 3 aromatic rings. The second-order valence-electron chi connectivity index (χ2n) is 8.16. The fourth-order valence-corrected chi connectivity index (χ4v) is 6.87. The van der Waals surface area contributed by atoms with Crippen LogP contribution in [0.2, 0.25) is 10.0 Å². The van der Waals surface area contributed by atoms with E-state index in [1.807, 2.05) is 0 Å². The number of hydrogen-bond donors (Lipinski definition) is 2. The van der Waals surface area contributed by atoms with Crippen molar-refractivity contribution in [3.63, 3.8) is 0 Å². The first kappa shape index (κ1) is 22.7. The van der Waals surface area contributed by atoms with E-state index in [-0.39, 0.29) is 17.3 Å². The molecule has 3 amide bonds. The van der Waals surface area contributed by atoms with E-state index in [1.165, 1.54) is 6.07 Å². The summed E-state index contributed by atoms with van der Waals surface area (Å²) in [6, 6.07) is 17.4. The minimum atomic E-state index is -4.04. The minimum Gasteiger partial charge on any atom is -0.334 e. The lowest BCUT2D eigenvalue weighted by Gasteiger charge is -2.28. The summed E-state index contributed by atoms with van der Waals surface area (Å²) in [5, 5.41) is 5.92. The maximum absolute atomic E-state index is 13.8. The van der Waals surface area contributed by atoms with Crippen molar-refractivity contribution in [2.24, 2.45) is 0 Å². The van der Waals surface area contributed by atoms with Crippen molar-refractivity contribution in [2.75, 3.05) is 18.0 Å². The molecule has 1 atom stereocenters. The summed E-state index contributed by atoms with van der Waals surface area (Å²) in [7, 11) is -4.04. The van der Waals surface area contributed by atoms with E-state index in [2.05, 4.69) is 10.6 Å². The van der Waals surface area contributed by atoms with E-state index >= 15 is 0 Å². The van der Waals surface area contributed by atoms with Crippen LogP contribution in [-0.4, -0.2) is 33.4 Å². The second kappa shape index (κ2) is 8.30. The Hall–Kier alpha value is -3.07. The largest absolute Gasteiger partial charge is 0.334 e. The Labute approximate surface area is 206 Å². The third-order valence-electron chi connectivity index (χ3n) is 6.12. The van der Waals surface area contributed by atoms with E-state index in [0.29, 0.717) is 39.8 Å². The molecule has 2 aliphatic heterocycles. The molecule has 1 saturated heterocycles. The van der Waals surface area contributed by atoms with Gasteiger partial charge in [-0.2, -0.15) is 0 Å². The molecule has 174 valence electrons. The molecule has 0 radical (unpaired) electrons. The number of hydrogen-bond acceptors (Lipinski definition) is 4. The summed E-state index contributed by atoms with van der Waals surface area (Å²) in [5.74, 6) is -0.272. The summed E-state index contributed by atoms with van der Waals surface area (Å²) < 4.78 is 27.7. The molecule has 7 nitrogen and oxygen atoms in total. The van der Waals surface area contributed by atoms with Gasteiger partial charge in [0.05, 0.1) is 11.4 Å². The average Bonchev–Trinajstić information content (AvgIpc) is 3.43. The van der Waals surface area contributed by atoms with Crippen LogP contribution >= 0.6 is 23.2 Å². The zero-order chi connectivity index (χ0) is 24.1. The highest BCUT2D eigenvalue weighted by molar-refractivity contribution is 7.92. The number of nitrogens with one attached hydrogen (secondary N) is 2. The summed E-state index contributed by atoms with van der Waals surface area (Å²) in [5.41, 5.74) is 2.17. The monoisotopic (exact) mass is 515 g/mol. The van der Waals surface area contributed by atoms with E-state index < -0.39 is 20.7 Å². The lowest BCUT2D eigenvalue weighted by atomic mass is 10.1. The zero-order valence-electron chi connectivity index (χ0n) is 17.7.